The second-order valence-electron chi connectivity index (χ2n) is 6.76. The van der Waals surface area contributed by atoms with Crippen molar-refractivity contribution in [2.45, 2.75) is 37.3 Å². The molecule has 0 atom stereocenters. The molecule has 28 heavy (non-hydrogen) atoms. The molecule has 3 aromatic rings. The second-order valence-corrected chi connectivity index (χ2v) is 8.64. The van der Waals surface area contributed by atoms with Crippen LogP contribution in [0.2, 0.25) is 0 Å². The zero-order valence-electron chi connectivity index (χ0n) is 15.2. The lowest BCUT2D eigenvalue weighted by Crippen LogP contribution is -2.35. The molecule has 10 heteroatoms. The molecule has 0 N–H and O–H groups in total. The molecular weight excluding hydrogens is 385 g/mol. The summed E-state index contributed by atoms with van der Waals surface area (Å²) >= 11 is 0. The first-order valence-electron chi connectivity index (χ1n) is 9.08. The van der Waals surface area contributed by atoms with Crippen molar-refractivity contribution in [2.24, 2.45) is 0 Å². The highest BCUT2D eigenvalue weighted by molar-refractivity contribution is 7.89. The summed E-state index contributed by atoms with van der Waals surface area (Å²) in [4.78, 5) is 8.36. The van der Waals surface area contributed by atoms with Crippen LogP contribution in [-0.2, 0) is 23.0 Å². The predicted octanol–water partition coefficient (Wildman–Crippen LogP) is 2.22. The van der Waals surface area contributed by atoms with E-state index in [1.165, 1.54) is 29.0 Å². The molecule has 4 rings (SSSR count). The van der Waals surface area contributed by atoms with Gasteiger partial charge in [0.1, 0.15) is 5.82 Å². The van der Waals surface area contributed by atoms with Gasteiger partial charge in [-0.05, 0) is 30.5 Å². The van der Waals surface area contributed by atoms with Crippen LogP contribution >= 0.6 is 0 Å². The fourth-order valence-electron chi connectivity index (χ4n) is 3.16. The average Bonchev–Trinajstić information content (AvgIpc) is 3.35. The Kier molecular flexibility index (Phi) is 5.23. The summed E-state index contributed by atoms with van der Waals surface area (Å²) in [5.41, 5.74) is 0.856. The molecule has 0 unspecified atom stereocenters. The Balaban J connectivity index is 1.43. The van der Waals surface area contributed by atoms with Gasteiger partial charge in [-0.1, -0.05) is 23.7 Å². The fourth-order valence-corrected chi connectivity index (χ4v) is 4.62. The quantitative estimate of drug-likeness (QED) is 0.624. The van der Waals surface area contributed by atoms with Gasteiger partial charge >= 0.3 is 0 Å². The molecule has 1 aliphatic rings. The maximum Gasteiger partial charge on any atom is 0.262 e. The van der Waals surface area contributed by atoms with E-state index in [4.69, 9.17) is 4.52 Å². The Morgan fingerprint density at radius 2 is 1.86 bits per heavy atom. The summed E-state index contributed by atoms with van der Waals surface area (Å²) in [5.74, 6) is 0.518. The van der Waals surface area contributed by atoms with Gasteiger partial charge in [0.05, 0.1) is 19.3 Å². The van der Waals surface area contributed by atoms with Crippen LogP contribution in [0.15, 0.2) is 46.3 Å². The topological polar surface area (TPSA) is 94.1 Å². The number of benzene rings is 1. The van der Waals surface area contributed by atoms with E-state index in [2.05, 4.69) is 15.1 Å². The Bertz CT molecular complexity index is 1040. The molecule has 0 amide bonds. The van der Waals surface area contributed by atoms with Crippen molar-refractivity contribution in [3.05, 3.63) is 59.9 Å². The van der Waals surface area contributed by atoms with E-state index in [1.807, 2.05) is 0 Å². The van der Waals surface area contributed by atoms with Gasteiger partial charge in [0.15, 0.2) is 10.9 Å². The van der Waals surface area contributed by atoms with Gasteiger partial charge in [-0.2, -0.15) is 9.29 Å². The molecule has 0 radical (unpaired) electrons. The van der Waals surface area contributed by atoms with Crippen molar-refractivity contribution in [3.8, 4) is 0 Å². The minimum Gasteiger partial charge on any atom is -0.339 e. The largest absolute Gasteiger partial charge is 0.339 e. The zero-order valence-corrected chi connectivity index (χ0v) is 16.0. The predicted molar refractivity (Wildman–Crippen MR) is 97.4 cm³/mol. The van der Waals surface area contributed by atoms with E-state index < -0.39 is 10.0 Å². The van der Waals surface area contributed by atoms with Crippen LogP contribution in [0, 0.1) is 5.82 Å². The maximum absolute atomic E-state index is 13.0. The van der Waals surface area contributed by atoms with Crippen molar-refractivity contribution >= 4 is 10.0 Å². The van der Waals surface area contributed by atoms with Crippen molar-refractivity contribution in [3.63, 3.8) is 0 Å². The normalized spacial score (nSPS) is 15.8. The third-order valence-corrected chi connectivity index (χ3v) is 6.42. The monoisotopic (exact) mass is 405 g/mol. The van der Waals surface area contributed by atoms with E-state index in [9.17, 15) is 12.8 Å². The Hall–Kier alpha value is -2.59. The molecule has 0 aliphatic carbocycles. The van der Waals surface area contributed by atoms with E-state index >= 15 is 0 Å². The number of piperidine rings is 1. The molecule has 0 spiro atoms. The van der Waals surface area contributed by atoms with Crippen molar-refractivity contribution in [1.82, 2.24) is 24.0 Å². The lowest BCUT2D eigenvalue weighted by Gasteiger charge is -2.24. The van der Waals surface area contributed by atoms with E-state index in [0.717, 1.165) is 24.8 Å². The van der Waals surface area contributed by atoms with Gasteiger partial charge < -0.3 is 9.09 Å². The summed E-state index contributed by atoms with van der Waals surface area (Å²) in [5, 5.41) is 3.95. The second kappa shape index (κ2) is 7.80. The highest BCUT2D eigenvalue weighted by atomic mass is 32.2. The minimum atomic E-state index is -3.57. The minimum absolute atomic E-state index is 0.0319. The third kappa shape index (κ3) is 4.12. The highest BCUT2D eigenvalue weighted by Crippen LogP contribution is 2.19. The van der Waals surface area contributed by atoms with Gasteiger partial charge in [0, 0.05) is 19.3 Å². The fraction of sp³-hybridized carbons (Fsp3) is 0.389. The maximum atomic E-state index is 13.0. The summed E-state index contributed by atoms with van der Waals surface area (Å²) in [6, 6.07) is 6.07. The van der Waals surface area contributed by atoms with Crippen LogP contribution in [0.5, 0.6) is 0 Å². The first-order valence-corrected chi connectivity index (χ1v) is 10.5. The molecule has 3 heterocycles. The van der Waals surface area contributed by atoms with Gasteiger partial charge in [0.25, 0.3) is 10.0 Å². The van der Waals surface area contributed by atoms with Gasteiger partial charge in [-0.3, -0.25) is 0 Å². The standard InChI is InChI=1S/C18H20FN5O3S/c19-15-6-4-14(5-7-15)10-17-21-16(22-27-17)11-23-12-18(20-13-23)28(25,26)24-8-2-1-3-9-24/h4-7,12-13H,1-3,8-11H2. The van der Waals surface area contributed by atoms with Gasteiger partial charge in [0.2, 0.25) is 5.89 Å². The van der Waals surface area contributed by atoms with Crippen LogP contribution in [0.3, 0.4) is 0 Å². The number of nitrogens with zero attached hydrogens (tertiary/aromatic N) is 5. The van der Waals surface area contributed by atoms with E-state index in [1.54, 1.807) is 16.7 Å². The summed E-state index contributed by atoms with van der Waals surface area (Å²) < 4.78 is 46.6. The molecule has 0 bridgehead atoms. The van der Waals surface area contributed by atoms with Gasteiger partial charge in [-0.25, -0.2) is 17.8 Å². The molecule has 0 saturated carbocycles. The Morgan fingerprint density at radius 1 is 1.11 bits per heavy atom. The number of rotatable bonds is 6. The van der Waals surface area contributed by atoms with E-state index in [0.29, 0.717) is 31.2 Å². The van der Waals surface area contributed by atoms with Crippen LogP contribution in [-0.4, -0.2) is 45.5 Å². The summed E-state index contributed by atoms with van der Waals surface area (Å²) in [7, 11) is -3.57. The molecule has 1 saturated heterocycles. The summed E-state index contributed by atoms with van der Waals surface area (Å²) in [6.07, 6.45) is 6.14. The van der Waals surface area contributed by atoms with Crippen LogP contribution in [0.25, 0.3) is 0 Å². The number of hydrogen-bond donors (Lipinski definition) is 0. The zero-order chi connectivity index (χ0) is 19.6. The summed E-state index contributed by atoms with van der Waals surface area (Å²) in [6.45, 7) is 1.31. The number of aromatic nitrogens is 4. The van der Waals surface area contributed by atoms with E-state index in [-0.39, 0.29) is 17.4 Å². The first-order chi connectivity index (χ1) is 13.5. The van der Waals surface area contributed by atoms with Crippen molar-refractivity contribution in [2.75, 3.05) is 13.1 Å². The van der Waals surface area contributed by atoms with Gasteiger partial charge in [-0.15, -0.1) is 0 Å². The molecule has 1 aromatic carbocycles. The molecular formula is C18H20FN5O3S. The smallest absolute Gasteiger partial charge is 0.262 e. The highest BCUT2D eigenvalue weighted by Gasteiger charge is 2.28. The number of imidazole rings is 1. The SMILES string of the molecule is O=S(=O)(c1cn(Cc2noc(Cc3ccc(F)cc3)n2)cn1)N1CCCCC1. The molecule has 1 aliphatic heterocycles. The lowest BCUT2D eigenvalue weighted by atomic mass is 10.1. The molecule has 148 valence electrons. The molecule has 8 nitrogen and oxygen atoms in total. The first kappa shape index (κ1) is 18.8. The van der Waals surface area contributed by atoms with Crippen LogP contribution < -0.4 is 0 Å². The number of halogens is 1. The average molecular weight is 405 g/mol. The van der Waals surface area contributed by atoms with Crippen molar-refractivity contribution in [1.29, 1.82) is 0 Å². The lowest BCUT2D eigenvalue weighted by molar-refractivity contribution is 0.345. The molecule has 1 fully saturated rings. The third-order valence-electron chi connectivity index (χ3n) is 4.63. The number of sulfonamides is 1. The van der Waals surface area contributed by atoms with Crippen LogP contribution in [0.4, 0.5) is 4.39 Å². The Labute approximate surface area is 162 Å². The number of hydrogen-bond acceptors (Lipinski definition) is 6. The Morgan fingerprint density at radius 3 is 2.61 bits per heavy atom. The van der Waals surface area contributed by atoms with Crippen molar-refractivity contribution < 1.29 is 17.3 Å². The van der Waals surface area contributed by atoms with Crippen LogP contribution in [0.1, 0.15) is 36.5 Å². The molecule has 2 aromatic heterocycles.